The summed E-state index contributed by atoms with van der Waals surface area (Å²) in [5.74, 6) is 0.499. The average molecular weight is 473 g/mol. The molecule has 0 radical (unpaired) electrons. The number of hydrogen-bond donors (Lipinski definition) is 1. The van der Waals surface area contributed by atoms with Crippen LogP contribution in [0.5, 0.6) is 0 Å². The summed E-state index contributed by atoms with van der Waals surface area (Å²) in [6.07, 6.45) is 1.32. The number of nitro benzene ring substituents is 1. The van der Waals surface area contributed by atoms with Crippen LogP contribution in [0.15, 0.2) is 68.5 Å². The summed E-state index contributed by atoms with van der Waals surface area (Å²) in [4.78, 5) is 27.2. The maximum Gasteiger partial charge on any atom is 0.281 e. The van der Waals surface area contributed by atoms with Gasteiger partial charge in [-0.05, 0) is 36.4 Å². The second kappa shape index (κ2) is 9.29. The number of hydrazone groups is 1. The van der Waals surface area contributed by atoms with Crippen LogP contribution in [-0.4, -0.2) is 27.8 Å². The molecule has 0 aliphatic rings. The van der Waals surface area contributed by atoms with Gasteiger partial charge in [0.1, 0.15) is 11.5 Å². The number of furan rings is 1. The highest BCUT2D eigenvalue weighted by Crippen LogP contribution is 2.33. The molecule has 11 heteroatoms. The van der Waals surface area contributed by atoms with Crippen molar-refractivity contribution < 1.29 is 14.1 Å². The minimum atomic E-state index is -0.527. The Morgan fingerprint density at radius 3 is 2.94 bits per heavy atom. The first kappa shape index (κ1) is 21.0. The number of rotatable bonds is 7. The lowest BCUT2D eigenvalue weighted by molar-refractivity contribution is -0.384. The van der Waals surface area contributed by atoms with Crippen LogP contribution in [0.25, 0.3) is 21.5 Å². The van der Waals surface area contributed by atoms with Crippen LogP contribution in [0.4, 0.5) is 5.69 Å². The van der Waals surface area contributed by atoms with Crippen molar-refractivity contribution in [3.8, 4) is 11.3 Å². The lowest BCUT2D eigenvalue weighted by Crippen LogP contribution is -2.19. The molecule has 0 aliphatic carbocycles. The number of thiazole rings is 1. The van der Waals surface area contributed by atoms with Crippen molar-refractivity contribution in [2.75, 3.05) is 5.75 Å². The molecule has 2 aromatic carbocycles. The van der Waals surface area contributed by atoms with Gasteiger partial charge >= 0.3 is 0 Å². The monoisotopic (exact) mass is 472 g/mol. The van der Waals surface area contributed by atoms with E-state index in [9.17, 15) is 14.9 Å². The molecular formula is C20H13ClN4O4S2. The van der Waals surface area contributed by atoms with E-state index in [2.05, 4.69) is 15.5 Å². The minimum absolute atomic E-state index is 0.162. The maximum absolute atomic E-state index is 12.0. The second-order valence-corrected chi connectivity index (χ2v) is 8.84. The molecule has 8 nitrogen and oxygen atoms in total. The lowest BCUT2D eigenvalue weighted by atomic mass is 10.1. The predicted octanol–water partition coefficient (Wildman–Crippen LogP) is 5.36. The van der Waals surface area contributed by atoms with Crippen LogP contribution >= 0.6 is 34.7 Å². The molecule has 2 heterocycles. The Bertz CT molecular complexity index is 1270. The largest absolute Gasteiger partial charge is 0.455 e. The second-order valence-electron chi connectivity index (χ2n) is 6.15. The Labute approximate surface area is 189 Å². The Hall–Kier alpha value is -3.21. The van der Waals surface area contributed by atoms with Crippen molar-refractivity contribution in [1.82, 2.24) is 10.4 Å². The van der Waals surface area contributed by atoms with Crippen molar-refractivity contribution in [2.24, 2.45) is 5.10 Å². The number of benzene rings is 2. The van der Waals surface area contributed by atoms with Crippen molar-refractivity contribution >= 4 is 62.7 Å². The number of nitrogens with zero attached hydrogens (tertiary/aromatic N) is 3. The highest BCUT2D eigenvalue weighted by atomic mass is 35.5. The van der Waals surface area contributed by atoms with Gasteiger partial charge in [0, 0.05) is 11.1 Å². The van der Waals surface area contributed by atoms with Gasteiger partial charge in [-0.1, -0.05) is 35.5 Å². The smallest absolute Gasteiger partial charge is 0.281 e. The molecule has 1 N–H and O–H groups in total. The minimum Gasteiger partial charge on any atom is -0.455 e. The number of hydrogen-bond acceptors (Lipinski definition) is 8. The fraction of sp³-hybridized carbons (Fsp3) is 0.0500. The summed E-state index contributed by atoms with van der Waals surface area (Å²) in [7, 11) is 0. The van der Waals surface area contributed by atoms with Crippen LogP contribution in [0.3, 0.4) is 0 Å². The molecule has 0 atom stereocenters. The van der Waals surface area contributed by atoms with Gasteiger partial charge in [-0.2, -0.15) is 5.10 Å². The number of aromatic nitrogens is 1. The van der Waals surface area contributed by atoms with Crippen molar-refractivity contribution in [1.29, 1.82) is 0 Å². The molecule has 156 valence electrons. The molecule has 2 aromatic heterocycles. The summed E-state index contributed by atoms with van der Waals surface area (Å²) in [6.45, 7) is 0. The zero-order chi connectivity index (χ0) is 21.8. The number of carbonyl (C=O) groups is 1. The lowest BCUT2D eigenvalue weighted by Gasteiger charge is -2.00. The summed E-state index contributed by atoms with van der Waals surface area (Å²) in [5.41, 5.74) is 3.46. The van der Waals surface area contributed by atoms with Gasteiger partial charge < -0.3 is 4.42 Å². The third kappa shape index (κ3) is 5.10. The number of nitrogens with one attached hydrogen (secondary N) is 1. The average Bonchev–Trinajstić information content (AvgIpc) is 3.39. The normalized spacial score (nSPS) is 11.3. The van der Waals surface area contributed by atoms with E-state index in [1.807, 2.05) is 24.3 Å². The first-order chi connectivity index (χ1) is 15.0. The first-order valence-electron chi connectivity index (χ1n) is 8.84. The fourth-order valence-electron chi connectivity index (χ4n) is 2.67. The van der Waals surface area contributed by atoms with Gasteiger partial charge in [0.15, 0.2) is 4.34 Å². The standard InChI is InChI=1S/C20H13ClN4O4S2/c21-12-5-7-14(16(9-12)25(27)28)17-8-6-13(29-17)10-22-24-19(26)11-30-20-23-15-3-1-2-4-18(15)31-20/h1-10H,11H2,(H,24,26)/b22-10-. The SMILES string of the molecule is O=C(CSc1nc2ccccc2s1)N/N=C\c1ccc(-c2ccc(Cl)cc2[N+](=O)[O-])o1. The van der Waals surface area contributed by atoms with E-state index in [0.717, 1.165) is 14.6 Å². The Morgan fingerprint density at radius 2 is 2.13 bits per heavy atom. The molecular weight excluding hydrogens is 460 g/mol. The Balaban J connectivity index is 1.35. The number of halogens is 1. The van der Waals surface area contributed by atoms with Crippen LogP contribution in [-0.2, 0) is 4.79 Å². The van der Waals surface area contributed by atoms with Gasteiger partial charge in [0.05, 0.1) is 32.7 Å². The number of amides is 1. The number of carbonyl (C=O) groups excluding carboxylic acids is 1. The van der Waals surface area contributed by atoms with Gasteiger partial charge in [0.25, 0.3) is 11.6 Å². The summed E-state index contributed by atoms with van der Waals surface area (Å²) < 4.78 is 7.46. The highest BCUT2D eigenvalue weighted by Gasteiger charge is 2.18. The quantitative estimate of drug-likeness (QED) is 0.168. The van der Waals surface area contributed by atoms with Gasteiger partial charge in [-0.25, -0.2) is 10.4 Å². The predicted molar refractivity (Wildman–Crippen MR) is 122 cm³/mol. The van der Waals surface area contributed by atoms with E-state index in [4.69, 9.17) is 16.0 Å². The number of nitro groups is 1. The number of para-hydroxylation sites is 1. The highest BCUT2D eigenvalue weighted by molar-refractivity contribution is 8.01. The van der Waals surface area contributed by atoms with E-state index in [1.54, 1.807) is 18.2 Å². The van der Waals surface area contributed by atoms with Gasteiger partial charge in [-0.15, -0.1) is 11.3 Å². The number of thioether (sulfide) groups is 1. The van der Waals surface area contributed by atoms with Crippen molar-refractivity contribution in [3.05, 3.63) is 75.5 Å². The summed E-state index contributed by atoms with van der Waals surface area (Å²) in [5, 5.41) is 15.4. The van der Waals surface area contributed by atoms with Gasteiger partial charge in [-0.3, -0.25) is 14.9 Å². The molecule has 0 fully saturated rings. The van der Waals surface area contributed by atoms with E-state index in [1.165, 1.54) is 41.4 Å². The van der Waals surface area contributed by atoms with Crippen molar-refractivity contribution in [2.45, 2.75) is 4.34 Å². The molecule has 4 aromatic rings. The van der Waals surface area contributed by atoms with Crippen LogP contribution in [0.2, 0.25) is 5.02 Å². The zero-order valence-corrected chi connectivity index (χ0v) is 18.0. The Morgan fingerprint density at radius 1 is 1.29 bits per heavy atom. The zero-order valence-electron chi connectivity index (χ0n) is 15.6. The molecule has 0 aliphatic heterocycles. The Kier molecular flexibility index (Phi) is 6.31. The molecule has 31 heavy (non-hydrogen) atoms. The molecule has 4 rings (SSSR count). The van der Waals surface area contributed by atoms with Crippen LogP contribution in [0, 0.1) is 10.1 Å². The maximum atomic E-state index is 12.0. The molecule has 0 saturated carbocycles. The number of fused-ring (bicyclic) bond motifs is 1. The molecule has 0 saturated heterocycles. The van der Waals surface area contributed by atoms with Crippen molar-refractivity contribution in [3.63, 3.8) is 0 Å². The summed E-state index contributed by atoms with van der Waals surface area (Å²) in [6, 6.07) is 15.3. The summed E-state index contributed by atoms with van der Waals surface area (Å²) >= 11 is 8.69. The van der Waals surface area contributed by atoms with E-state index in [0.29, 0.717) is 17.1 Å². The molecule has 1 amide bonds. The third-order valence-corrected chi connectivity index (χ3v) is 6.45. The van der Waals surface area contributed by atoms with Gasteiger partial charge in [0.2, 0.25) is 0 Å². The molecule has 0 bridgehead atoms. The van der Waals surface area contributed by atoms with E-state index in [-0.39, 0.29) is 22.4 Å². The third-order valence-electron chi connectivity index (χ3n) is 4.03. The first-order valence-corrected chi connectivity index (χ1v) is 11.0. The van der Waals surface area contributed by atoms with E-state index >= 15 is 0 Å². The molecule has 0 spiro atoms. The molecule has 0 unspecified atom stereocenters. The van der Waals surface area contributed by atoms with E-state index < -0.39 is 4.92 Å². The topological polar surface area (TPSA) is 111 Å². The van der Waals surface area contributed by atoms with Crippen LogP contribution < -0.4 is 5.43 Å². The fourth-order valence-corrected chi connectivity index (χ4v) is 4.70. The van der Waals surface area contributed by atoms with Crippen LogP contribution in [0.1, 0.15) is 5.76 Å².